The van der Waals surface area contributed by atoms with Crippen LogP contribution in [0.2, 0.25) is 0 Å². The average Bonchev–Trinajstić information content (AvgIpc) is 2.71. The zero-order chi connectivity index (χ0) is 9.26. The lowest BCUT2D eigenvalue weighted by atomic mass is 10.3. The molecule has 1 aromatic heterocycles. The van der Waals surface area contributed by atoms with Crippen molar-refractivity contribution in [2.24, 2.45) is 0 Å². The molecule has 2 heterocycles. The molecule has 0 bridgehead atoms. The van der Waals surface area contributed by atoms with Crippen LogP contribution in [0.5, 0.6) is 0 Å². The lowest BCUT2D eigenvalue weighted by Gasteiger charge is -2.06. The van der Waals surface area contributed by atoms with Crippen molar-refractivity contribution in [3.8, 4) is 0 Å². The molecular formula is C7H10N4O2. The maximum atomic E-state index is 10.8. The summed E-state index contributed by atoms with van der Waals surface area (Å²) in [4.78, 5) is 14.8. The number of cyclic esters (lactones) is 1. The van der Waals surface area contributed by atoms with Crippen LogP contribution in [-0.2, 0) is 11.3 Å². The molecule has 0 saturated carbocycles. The minimum absolute atomic E-state index is 0.157. The number of ether oxygens (including phenoxy) is 1. The molecule has 1 atom stereocenters. The number of nitrogens with zero attached hydrogens (tertiary/aromatic N) is 3. The van der Waals surface area contributed by atoms with Crippen LogP contribution < -0.4 is 5.32 Å². The van der Waals surface area contributed by atoms with Gasteiger partial charge in [-0.3, -0.25) is 0 Å². The summed E-state index contributed by atoms with van der Waals surface area (Å²) in [5, 5.41) is 6.65. The van der Waals surface area contributed by atoms with E-state index in [-0.39, 0.29) is 6.04 Å². The molecular weight excluding hydrogens is 172 g/mol. The summed E-state index contributed by atoms with van der Waals surface area (Å²) in [6, 6.07) is -0.157. The Hall–Kier alpha value is -1.59. The zero-order valence-electron chi connectivity index (χ0n) is 7.23. The van der Waals surface area contributed by atoms with Gasteiger partial charge in [0.25, 0.3) is 0 Å². The van der Waals surface area contributed by atoms with E-state index in [0.29, 0.717) is 6.61 Å². The van der Waals surface area contributed by atoms with E-state index < -0.39 is 6.09 Å². The average molecular weight is 182 g/mol. The van der Waals surface area contributed by atoms with E-state index in [1.807, 2.05) is 6.92 Å². The van der Waals surface area contributed by atoms with E-state index in [9.17, 15) is 4.79 Å². The maximum Gasteiger partial charge on any atom is 0.407 e. The highest BCUT2D eigenvalue weighted by atomic mass is 16.6. The molecule has 0 aromatic carbocycles. The summed E-state index contributed by atoms with van der Waals surface area (Å²) >= 11 is 0. The monoisotopic (exact) mass is 182 g/mol. The first-order valence-electron chi connectivity index (χ1n) is 4.12. The molecule has 6 nitrogen and oxygen atoms in total. The lowest BCUT2D eigenvalue weighted by Crippen LogP contribution is -2.22. The third kappa shape index (κ3) is 1.34. The van der Waals surface area contributed by atoms with Gasteiger partial charge in [-0.2, -0.15) is 5.10 Å². The van der Waals surface area contributed by atoms with Crippen LogP contribution in [0.3, 0.4) is 0 Å². The van der Waals surface area contributed by atoms with E-state index in [1.54, 1.807) is 4.68 Å². The molecule has 0 radical (unpaired) electrons. The Morgan fingerprint density at radius 2 is 2.69 bits per heavy atom. The normalized spacial score (nSPS) is 21.3. The molecule has 0 aliphatic carbocycles. The molecule has 1 aromatic rings. The number of amides is 1. The number of aromatic nitrogens is 3. The van der Waals surface area contributed by atoms with Crippen LogP contribution in [0.4, 0.5) is 4.79 Å². The Morgan fingerprint density at radius 1 is 1.85 bits per heavy atom. The van der Waals surface area contributed by atoms with Crippen LogP contribution >= 0.6 is 0 Å². The third-order valence-electron chi connectivity index (χ3n) is 1.93. The van der Waals surface area contributed by atoms with Crippen LogP contribution in [-0.4, -0.2) is 27.5 Å². The van der Waals surface area contributed by atoms with Gasteiger partial charge in [-0.25, -0.2) is 14.5 Å². The van der Waals surface area contributed by atoms with Gasteiger partial charge in [0.15, 0.2) is 5.82 Å². The van der Waals surface area contributed by atoms with Crippen LogP contribution in [0, 0.1) is 0 Å². The van der Waals surface area contributed by atoms with Crippen molar-refractivity contribution < 1.29 is 9.53 Å². The Morgan fingerprint density at radius 3 is 3.31 bits per heavy atom. The molecule has 1 aliphatic rings. The SMILES string of the molecule is CCn1ncnc1C1COC(=O)N1. The minimum atomic E-state index is -0.393. The summed E-state index contributed by atoms with van der Waals surface area (Å²) < 4.78 is 6.49. The topological polar surface area (TPSA) is 69.0 Å². The Balaban J connectivity index is 2.20. The van der Waals surface area contributed by atoms with E-state index in [0.717, 1.165) is 12.4 Å². The number of aryl methyl sites for hydroxylation is 1. The van der Waals surface area contributed by atoms with Crippen molar-refractivity contribution in [1.82, 2.24) is 20.1 Å². The van der Waals surface area contributed by atoms with Gasteiger partial charge in [-0.05, 0) is 6.92 Å². The molecule has 1 unspecified atom stereocenters. The first-order valence-corrected chi connectivity index (χ1v) is 4.12. The molecule has 6 heteroatoms. The number of nitrogens with one attached hydrogen (secondary N) is 1. The number of hydrogen-bond acceptors (Lipinski definition) is 4. The second kappa shape index (κ2) is 3.04. The molecule has 1 fully saturated rings. The summed E-state index contributed by atoms with van der Waals surface area (Å²) in [5.74, 6) is 0.744. The van der Waals surface area contributed by atoms with Gasteiger partial charge in [0.1, 0.15) is 19.0 Å². The minimum Gasteiger partial charge on any atom is -0.447 e. The first kappa shape index (κ1) is 8.03. The van der Waals surface area contributed by atoms with Gasteiger partial charge in [-0.1, -0.05) is 0 Å². The van der Waals surface area contributed by atoms with Crippen LogP contribution in [0.25, 0.3) is 0 Å². The highest BCUT2D eigenvalue weighted by Crippen LogP contribution is 2.14. The fraction of sp³-hybridized carbons (Fsp3) is 0.571. The molecule has 13 heavy (non-hydrogen) atoms. The number of hydrogen-bond donors (Lipinski definition) is 1. The molecule has 1 saturated heterocycles. The van der Waals surface area contributed by atoms with E-state index >= 15 is 0 Å². The van der Waals surface area contributed by atoms with Crippen molar-refractivity contribution in [3.05, 3.63) is 12.2 Å². The largest absolute Gasteiger partial charge is 0.447 e. The van der Waals surface area contributed by atoms with Crippen molar-refractivity contribution >= 4 is 6.09 Å². The second-order valence-corrected chi connectivity index (χ2v) is 2.73. The molecule has 2 rings (SSSR count). The summed E-state index contributed by atoms with van der Waals surface area (Å²) in [6.07, 6.45) is 1.08. The predicted molar refractivity (Wildman–Crippen MR) is 42.9 cm³/mol. The van der Waals surface area contributed by atoms with E-state index in [4.69, 9.17) is 4.74 Å². The summed E-state index contributed by atoms with van der Waals surface area (Å²) in [5.41, 5.74) is 0. The smallest absolute Gasteiger partial charge is 0.407 e. The standard InChI is InChI=1S/C7H10N4O2/c1-2-11-6(8-4-9-11)5-3-13-7(12)10-5/h4-5H,2-3H2,1H3,(H,10,12). The Labute approximate surface area is 74.9 Å². The van der Waals surface area contributed by atoms with Crippen molar-refractivity contribution in [3.63, 3.8) is 0 Å². The summed E-state index contributed by atoms with van der Waals surface area (Å²) in [6.45, 7) is 3.04. The fourth-order valence-corrected chi connectivity index (χ4v) is 1.31. The van der Waals surface area contributed by atoms with Crippen molar-refractivity contribution in [2.45, 2.75) is 19.5 Å². The third-order valence-corrected chi connectivity index (χ3v) is 1.93. The quantitative estimate of drug-likeness (QED) is 0.703. The van der Waals surface area contributed by atoms with Gasteiger partial charge in [0, 0.05) is 6.54 Å². The predicted octanol–water partition coefficient (Wildman–Crippen LogP) is 0.0789. The zero-order valence-corrected chi connectivity index (χ0v) is 7.23. The maximum absolute atomic E-state index is 10.8. The molecule has 1 aliphatic heterocycles. The summed E-state index contributed by atoms with van der Waals surface area (Å²) in [7, 11) is 0. The molecule has 0 spiro atoms. The Kier molecular flexibility index (Phi) is 1.88. The highest BCUT2D eigenvalue weighted by Gasteiger charge is 2.27. The van der Waals surface area contributed by atoms with E-state index in [2.05, 4.69) is 15.4 Å². The number of rotatable bonds is 2. The Bertz CT molecular complexity index is 322. The molecule has 1 amide bonds. The van der Waals surface area contributed by atoms with Crippen LogP contribution in [0.1, 0.15) is 18.8 Å². The van der Waals surface area contributed by atoms with Gasteiger partial charge in [0.2, 0.25) is 0 Å². The van der Waals surface area contributed by atoms with Crippen LogP contribution in [0.15, 0.2) is 6.33 Å². The van der Waals surface area contributed by atoms with Gasteiger partial charge >= 0.3 is 6.09 Å². The van der Waals surface area contributed by atoms with Gasteiger partial charge in [-0.15, -0.1) is 0 Å². The molecule has 70 valence electrons. The van der Waals surface area contributed by atoms with Crippen molar-refractivity contribution in [2.75, 3.05) is 6.61 Å². The number of carbonyl (C=O) groups is 1. The van der Waals surface area contributed by atoms with Gasteiger partial charge < -0.3 is 10.1 Å². The van der Waals surface area contributed by atoms with Gasteiger partial charge in [0.05, 0.1) is 0 Å². The number of alkyl carbamates (subject to hydrolysis) is 1. The first-order chi connectivity index (χ1) is 6.31. The number of carbonyl (C=O) groups excluding carboxylic acids is 1. The second-order valence-electron chi connectivity index (χ2n) is 2.73. The lowest BCUT2D eigenvalue weighted by molar-refractivity contribution is 0.176. The molecule has 1 N–H and O–H groups in total. The fourth-order valence-electron chi connectivity index (χ4n) is 1.31. The van der Waals surface area contributed by atoms with E-state index in [1.165, 1.54) is 6.33 Å². The van der Waals surface area contributed by atoms with Crippen molar-refractivity contribution in [1.29, 1.82) is 0 Å². The highest BCUT2D eigenvalue weighted by molar-refractivity contribution is 5.69.